The van der Waals surface area contributed by atoms with E-state index in [1.54, 1.807) is 0 Å². The molecule has 2 aromatic rings. The first-order valence-corrected chi connectivity index (χ1v) is 14.4. The second kappa shape index (κ2) is 15.3. The van der Waals surface area contributed by atoms with Crippen molar-refractivity contribution < 1.29 is 28.8 Å². The molecule has 14 heteroatoms. The zero-order chi connectivity index (χ0) is 32.6. The van der Waals surface area contributed by atoms with Crippen LogP contribution in [0, 0.1) is 0 Å². The second-order valence-electron chi connectivity index (χ2n) is 10.7. The van der Waals surface area contributed by atoms with Gasteiger partial charge in [-0.1, -0.05) is 0 Å². The summed E-state index contributed by atoms with van der Waals surface area (Å²) in [7, 11) is 0. The summed E-state index contributed by atoms with van der Waals surface area (Å²) in [6, 6.07) is 5.17. The highest BCUT2D eigenvalue weighted by molar-refractivity contribution is 6.29. The summed E-state index contributed by atoms with van der Waals surface area (Å²) in [5.41, 5.74) is 23.5. The molecule has 0 spiro atoms. The van der Waals surface area contributed by atoms with Crippen molar-refractivity contribution in [3.05, 3.63) is 58.7 Å². The van der Waals surface area contributed by atoms with Gasteiger partial charge in [0, 0.05) is 33.6 Å². The van der Waals surface area contributed by atoms with Gasteiger partial charge in [-0.2, -0.15) is 0 Å². The molecule has 4 amide bonds. The zero-order valence-electron chi connectivity index (χ0n) is 24.8. The molecule has 2 aromatic carbocycles. The molecule has 0 heterocycles. The molecule has 3 rings (SSSR count). The molecule has 236 valence electrons. The molecule has 0 saturated carbocycles. The van der Waals surface area contributed by atoms with Crippen molar-refractivity contribution in [3.8, 4) is 0 Å². The maximum atomic E-state index is 13.3. The van der Waals surface area contributed by atoms with Gasteiger partial charge in [0.15, 0.2) is 11.6 Å². The summed E-state index contributed by atoms with van der Waals surface area (Å²) >= 11 is 0. The van der Waals surface area contributed by atoms with Crippen LogP contribution in [0.5, 0.6) is 0 Å². The third-order valence-corrected chi connectivity index (χ3v) is 7.17. The van der Waals surface area contributed by atoms with Gasteiger partial charge in [0.1, 0.15) is 12.1 Å². The van der Waals surface area contributed by atoms with E-state index in [1.165, 1.54) is 50.2 Å². The molecule has 0 bridgehead atoms. The van der Waals surface area contributed by atoms with Crippen molar-refractivity contribution in [2.24, 2.45) is 22.9 Å². The number of benzene rings is 2. The highest BCUT2D eigenvalue weighted by Crippen LogP contribution is 2.31. The van der Waals surface area contributed by atoms with Crippen molar-refractivity contribution in [1.29, 1.82) is 0 Å². The normalized spacial score (nSPS) is 14.8. The van der Waals surface area contributed by atoms with Crippen LogP contribution in [0.15, 0.2) is 36.4 Å². The van der Waals surface area contributed by atoms with E-state index in [0.717, 1.165) is 0 Å². The van der Waals surface area contributed by atoms with Crippen LogP contribution < -0.4 is 44.2 Å². The molecule has 14 nitrogen and oxygen atoms in total. The second-order valence-corrected chi connectivity index (χ2v) is 10.7. The Kier molecular flexibility index (Phi) is 11.8. The Balaban J connectivity index is 1.67. The van der Waals surface area contributed by atoms with Crippen molar-refractivity contribution in [1.82, 2.24) is 10.6 Å². The lowest BCUT2D eigenvalue weighted by Crippen LogP contribution is -2.48. The first kappa shape index (κ1) is 34.0. The minimum Gasteiger partial charge on any atom is -0.343 e. The van der Waals surface area contributed by atoms with Gasteiger partial charge in [0.25, 0.3) is 0 Å². The van der Waals surface area contributed by atoms with Crippen molar-refractivity contribution in [2.75, 3.05) is 23.7 Å². The lowest BCUT2D eigenvalue weighted by atomic mass is 9.83. The number of carbonyl (C=O) groups excluding carboxylic acids is 6. The molecule has 2 unspecified atom stereocenters. The summed E-state index contributed by atoms with van der Waals surface area (Å²) in [6.45, 7) is 3.78. The Bertz CT molecular complexity index is 1340. The van der Waals surface area contributed by atoms with Crippen molar-refractivity contribution >= 4 is 46.6 Å². The van der Waals surface area contributed by atoms with E-state index in [1.807, 2.05) is 0 Å². The number of hydrogen-bond donors (Lipinski definition) is 8. The summed E-state index contributed by atoms with van der Waals surface area (Å²) < 4.78 is 0. The van der Waals surface area contributed by atoms with Gasteiger partial charge in [-0.3, -0.25) is 28.8 Å². The van der Waals surface area contributed by atoms with Crippen LogP contribution in [-0.4, -0.2) is 72.5 Å². The Labute approximate surface area is 255 Å². The standard InChI is InChI=1S/C30H40N8O6/c1-15(35-29(43)23(33)5-3-11-31)27(41)37-17-7-9-19-21(13-17)25(39)20-10-8-18(14-22(20)26(19)40)38-28(42)16(2)36-30(44)24(34)6-4-12-32/h7-10,13-16,23-24H,3-6,11-12,31-34H2,1-2H3,(H,35,43)(H,36,44)(H,37,41)(H,38,42)/t15-,16-,23?,24?/m0/s1. The summed E-state index contributed by atoms with van der Waals surface area (Å²) in [5.74, 6) is -2.93. The fraction of sp³-hybridized carbons (Fsp3) is 0.400. The number of rotatable bonds is 14. The summed E-state index contributed by atoms with van der Waals surface area (Å²) in [4.78, 5) is 76.5. The number of amides is 4. The van der Waals surface area contributed by atoms with E-state index in [2.05, 4.69) is 21.3 Å². The third-order valence-electron chi connectivity index (χ3n) is 7.17. The van der Waals surface area contributed by atoms with Crippen LogP contribution in [0.1, 0.15) is 71.4 Å². The van der Waals surface area contributed by atoms with Crippen molar-refractivity contribution in [2.45, 2.75) is 63.7 Å². The third kappa shape index (κ3) is 8.32. The minimum atomic E-state index is -0.918. The molecule has 1 aliphatic carbocycles. The molecule has 1 aliphatic rings. The van der Waals surface area contributed by atoms with Gasteiger partial charge in [-0.05, 0) is 89.0 Å². The minimum absolute atomic E-state index is 0.0971. The molecular formula is C30H40N8O6. The van der Waals surface area contributed by atoms with E-state index in [4.69, 9.17) is 22.9 Å². The first-order valence-electron chi connectivity index (χ1n) is 14.4. The maximum Gasteiger partial charge on any atom is 0.246 e. The molecule has 4 atom stereocenters. The predicted molar refractivity (Wildman–Crippen MR) is 165 cm³/mol. The van der Waals surface area contributed by atoms with Gasteiger partial charge in [-0.25, -0.2) is 0 Å². The topological polar surface area (TPSA) is 255 Å². The van der Waals surface area contributed by atoms with Gasteiger partial charge in [0.2, 0.25) is 23.6 Å². The number of carbonyl (C=O) groups is 6. The Morgan fingerprint density at radius 2 is 0.977 bits per heavy atom. The molecule has 12 N–H and O–H groups in total. The van der Waals surface area contributed by atoms with Gasteiger partial charge in [0.05, 0.1) is 12.1 Å². The molecule has 0 radical (unpaired) electrons. The SMILES string of the molecule is C[C@H](NC(=O)C(N)CCCN)C(=O)Nc1ccc2c(c1)C(=O)c1ccc(NC(=O)[C@H](C)NC(=O)C(N)CCCN)cc1C2=O. The molecule has 0 aromatic heterocycles. The highest BCUT2D eigenvalue weighted by atomic mass is 16.2. The van der Waals surface area contributed by atoms with Crippen LogP contribution in [0.2, 0.25) is 0 Å². The Morgan fingerprint density at radius 3 is 1.32 bits per heavy atom. The molecular weight excluding hydrogens is 568 g/mol. The fourth-order valence-corrected chi connectivity index (χ4v) is 4.52. The number of nitrogens with one attached hydrogen (secondary N) is 4. The zero-order valence-corrected chi connectivity index (χ0v) is 24.8. The fourth-order valence-electron chi connectivity index (χ4n) is 4.52. The number of hydrogen-bond acceptors (Lipinski definition) is 10. The van der Waals surface area contributed by atoms with E-state index in [-0.39, 0.29) is 33.6 Å². The van der Waals surface area contributed by atoms with Crippen LogP contribution in [0.4, 0.5) is 11.4 Å². The Hall–Kier alpha value is -4.50. The van der Waals surface area contributed by atoms with Gasteiger partial charge >= 0.3 is 0 Å². The van der Waals surface area contributed by atoms with E-state index < -0.39 is 59.4 Å². The quantitative estimate of drug-likeness (QED) is 0.116. The van der Waals surface area contributed by atoms with Crippen LogP contribution in [0.3, 0.4) is 0 Å². The molecule has 0 saturated heterocycles. The van der Waals surface area contributed by atoms with Crippen LogP contribution in [0.25, 0.3) is 0 Å². The highest BCUT2D eigenvalue weighted by Gasteiger charge is 2.31. The average molecular weight is 609 g/mol. The van der Waals surface area contributed by atoms with Gasteiger partial charge < -0.3 is 44.2 Å². The number of ketones is 2. The maximum absolute atomic E-state index is 13.3. The smallest absolute Gasteiger partial charge is 0.246 e. The lowest BCUT2D eigenvalue weighted by Gasteiger charge is -2.21. The number of anilines is 2. The Morgan fingerprint density at radius 1 is 0.614 bits per heavy atom. The molecule has 0 aliphatic heterocycles. The summed E-state index contributed by atoms with van der Waals surface area (Å²) in [6.07, 6.45) is 1.91. The first-order chi connectivity index (χ1) is 20.9. The molecule has 0 fully saturated rings. The monoisotopic (exact) mass is 608 g/mol. The number of fused-ring (bicyclic) bond motifs is 2. The van der Waals surface area contributed by atoms with E-state index >= 15 is 0 Å². The number of nitrogens with two attached hydrogens (primary N) is 4. The van der Waals surface area contributed by atoms with Crippen LogP contribution in [-0.2, 0) is 19.2 Å². The van der Waals surface area contributed by atoms with Gasteiger partial charge in [-0.15, -0.1) is 0 Å². The molecule has 44 heavy (non-hydrogen) atoms. The van der Waals surface area contributed by atoms with Crippen LogP contribution >= 0.6 is 0 Å². The average Bonchev–Trinajstić information content (AvgIpc) is 3.00. The predicted octanol–water partition coefficient (Wildman–Crippen LogP) is -0.519. The largest absolute Gasteiger partial charge is 0.343 e. The van der Waals surface area contributed by atoms with E-state index in [0.29, 0.717) is 38.8 Å². The lowest BCUT2D eigenvalue weighted by molar-refractivity contribution is -0.127. The van der Waals surface area contributed by atoms with E-state index in [9.17, 15) is 28.8 Å². The summed E-state index contributed by atoms with van der Waals surface area (Å²) in [5, 5.41) is 10.4. The van der Waals surface area contributed by atoms with Crippen molar-refractivity contribution in [3.63, 3.8) is 0 Å².